The number of hydrogen-bond donors (Lipinski definition) is 0. The van der Waals surface area contributed by atoms with Crippen LogP contribution in [0.4, 0.5) is 0 Å². The number of esters is 2. The highest BCUT2D eigenvalue weighted by Crippen LogP contribution is 2.37. The Labute approximate surface area is 174 Å². The maximum atomic E-state index is 12.5. The summed E-state index contributed by atoms with van der Waals surface area (Å²) in [5.41, 5.74) is 1.51. The van der Waals surface area contributed by atoms with Crippen LogP contribution in [0.25, 0.3) is 11.0 Å². The number of carbonyl (C=O) groups excluding carboxylic acids is 2. The fourth-order valence-electron chi connectivity index (χ4n) is 2.72. The molecule has 0 saturated heterocycles. The normalized spacial score (nSPS) is 11.2. The lowest BCUT2D eigenvalue weighted by atomic mass is 10.1. The van der Waals surface area contributed by atoms with Crippen LogP contribution in [-0.2, 0) is 9.59 Å². The van der Waals surface area contributed by atoms with Crippen LogP contribution in [0.1, 0.15) is 47.5 Å². The quantitative estimate of drug-likeness (QED) is 0.267. The fraction of sp³-hybridized carbons (Fsp3) is 0.348. The lowest BCUT2D eigenvalue weighted by molar-refractivity contribution is -0.132. The number of rotatable bonds is 8. The van der Waals surface area contributed by atoms with E-state index >= 15 is 0 Å². The molecule has 1 heterocycles. The SMILES string of the molecule is CC(=O)Oc1c(OC/C=C(\C)CCC=C(C)C)c(=O)oc2c(OC(C)=O)cccc12. The largest absolute Gasteiger partial charge is 0.480 e. The Morgan fingerprint density at radius 3 is 2.30 bits per heavy atom. The van der Waals surface area contributed by atoms with Gasteiger partial charge in [-0.2, -0.15) is 0 Å². The molecule has 2 rings (SSSR count). The van der Waals surface area contributed by atoms with E-state index in [0.29, 0.717) is 0 Å². The third kappa shape index (κ3) is 6.34. The summed E-state index contributed by atoms with van der Waals surface area (Å²) < 4.78 is 21.3. The van der Waals surface area contributed by atoms with Gasteiger partial charge in [-0.1, -0.05) is 23.3 Å². The molecule has 0 atom stereocenters. The van der Waals surface area contributed by atoms with Crippen molar-refractivity contribution in [3.05, 3.63) is 51.9 Å². The second-order valence-electron chi connectivity index (χ2n) is 7.05. The zero-order chi connectivity index (χ0) is 22.3. The predicted molar refractivity (Wildman–Crippen MR) is 113 cm³/mol. The number of fused-ring (bicyclic) bond motifs is 1. The molecule has 7 nitrogen and oxygen atoms in total. The van der Waals surface area contributed by atoms with Crippen LogP contribution in [0.5, 0.6) is 17.2 Å². The van der Waals surface area contributed by atoms with Crippen LogP contribution in [0.2, 0.25) is 0 Å². The monoisotopic (exact) mass is 414 g/mol. The molecule has 30 heavy (non-hydrogen) atoms. The molecular formula is C23H26O7. The summed E-state index contributed by atoms with van der Waals surface area (Å²) in [7, 11) is 0. The number of para-hydroxylation sites is 1. The molecule has 0 fully saturated rings. The minimum Gasteiger partial charge on any atom is -0.480 e. The fourth-order valence-corrected chi connectivity index (χ4v) is 2.72. The molecule has 0 N–H and O–H groups in total. The Bertz CT molecular complexity index is 1050. The predicted octanol–water partition coefficient (Wildman–Crippen LogP) is 4.72. The zero-order valence-corrected chi connectivity index (χ0v) is 17.9. The van der Waals surface area contributed by atoms with Gasteiger partial charge in [0, 0.05) is 13.8 Å². The number of ether oxygens (including phenoxy) is 3. The van der Waals surface area contributed by atoms with Gasteiger partial charge < -0.3 is 18.6 Å². The Morgan fingerprint density at radius 2 is 1.67 bits per heavy atom. The molecule has 7 heteroatoms. The molecule has 1 aromatic carbocycles. The van der Waals surface area contributed by atoms with Gasteiger partial charge in [0.1, 0.15) is 6.61 Å². The molecule has 0 radical (unpaired) electrons. The van der Waals surface area contributed by atoms with E-state index < -0.39 is 17.6 Å². The first-order valence-electron chi connectivity index (χ1n) is 9.57. The summed E-state index contributed by atoms with van der Waals surface area (Å²) in [5.74, 6) is -1.44. The maximum absolute atomic E-state index is 12.5. The van der Waals surface area contributed by atoms with E-state index in [9.17, 15) is 14.4 Å². The highest BCUT2D eigenvalue weighted by Gasteiger charge is 2.22. The molecule has 0 amide bonds. The van der Waals surface area contributed by atoms with Crippen molar-refractivity contribution in [1.82, 2.24) is 0 Å². The maximum Gasteiger partial charge on any atom is 0.383 e. The number of hydrogen-bond acceptors (Lipinski definition) is 7. The van der Waals surface area contributed by atoms with Crippen LogP contribution >= 0.6 is 0 Å². The average molecular weight is 414 g/mol. The van der Waals surface area contributed by atoms with Gasteiger partial charge in [0.05, 0.1) is 5.39 Å². The summed E-state index contributed by atoms with van der Waals surface area (Å²) >= 11 is 0. The molecule has 0 aliphatic carbocycles. The first kappa shape index (κ1) is 22.9. The Balaban J connectivity index is 2.38. The van der Waals surface area contributed by atoms with Crippen LogP contribution in [0.15, 0.2) is 50.7 Å². The van der Waals surface area contributed by atoms with Gasteiger partial charge in [-0.05, 0) is 51.8 Å². The number of carbonyl (C=O) groups is 2. The number of benzene rings is 1. The molecule has 0 aliphatic rings. The molecule has 1 aromatic heterocycles. The van der Waals surface area contributed by atoms with Crippen molar-refractivity contribution in [2.75, 3.05) is 6.61 Å². The summed E-state index contributed by atoms with van der Waals surface area (Å²) in [6.45, 7) is 8.62. The van der Waals surface area contributed by atoms with Crippen LogP contribution in [-0.4, -0.2) is 18.5 Å². The van der Waals surface area contributed by atoms with Crippen molar-refractivity contribution in [2.45, 2.75) is 47.5 Å². The van der Waals surface area contributed by atoms with E-state index in [0.717, 1.165) is 18.4 Å². The first-order valence-corrected chi connectivity index (χ1v) is 9.57. The number of allylic oxidation sites excluding steroid dienone is 3. The summed E-state index contributed by atoms with van der Waals surface area (Å²) in [6, 6.07) is 4.64. The summed E-state index contributed by atoms with van der Waals surface area (Å²) in [4.78, 5) is 35.5. The molecule has 0 aliphatic heterocycles. The van der Waals surface area contributed by atoms with Crippen LogP contribution in [0, 0.1) is 0 Å². The smallest absolute Gasteiger partial charge is 0.383 e. The topological polar surface area (TPSA) is 92.0 Å². The molecule has 0 spiro atoms. The van der Waals surface area contributed by atoms with Crippen molar-refractivity contribution >= 4 is 22.9 Å². The standard InChI is InChI=1S/C23H26O7/c1-14(2)8-6-9-15(3)12-13-27-22-21(29-17(5)25)18-10-7-11-19(28-16(4)24)20(18)30-23(22)26/h7-8,10-12H,6,9,13H2,1-5H3/b15-12+. The van der Waals surface area contributed by atoms with E-state index in [1.54, 1.807) is 12.1 Å². The molecular weight excluding hydrogens is 388 g/mol. The molecule has 0 unspecified atom stereocenters. The lowest BCUT2D eigenvalue weighted by Gasteiger charge is -2.12. The molecule has 2 aromatic rings. The molecule has 0 saturated carbocycles. The van der Waals surface area contributed by atoms with E-state index in [-0.39, 0.29) is 34.8 Å². The second-order valence-corrected chi connectivity index (χ2v) is 7.05. The summed E-state index contributed by atoms with van der Waals surface area (Å²) in [6.07, 6.45) is 5.79. The van der Waals surface area contributed by atoms with Crippen molar-refractivity contribution in [3.8, 4) is 17.2 Å². The van der Waals surface area contributed by atoms with Crippen molar-refractivity contribution < 1.29 is 28.2 Å². The minimum atomic E-state index is -0.839. The Kier molecular flexibility index (Phi) is 7.98. The van der Waals surface area contributed by atoms with E-state index in [2.05, 4.69) is 6.08 Å². The van der Waals surface area contributed by atoms with Crippen LogP contribution in [0.3, 0.4) is 0 Å². The van der Waals surface area contributed by atoms with Gasteiger partial charge in [0.15, 0.2) is 17.1 Å². The van der Waals surface area contributed by atoms with Gasteiger partial charge in [-0.25, -0.2) is 4.79 Å². The Morgan fingerprint density at radius 1 is 0.967 bits per heavy atom. The minimum absolute atomic E-state index is 0.00487. The highest BCUT2D eigenvalue weighted by atomic mass is 16.6. The average Bonchev–Trinajstić information content (AvgIpc) is 2.63. The highest BCUT2D eigenvalue weighted by molar-refractivity contribution is 5.93. The van der Waals surface area contributed by atoms with Gasteiger partial charge in [0.25, 0.3) is 0 Å². The lowest BCUT2D eigenvalue weighted by Crippen LogP contribution is -2.13. The van der Waals surface area contributed by atoms with Gasteiger partial charge in [-0.3, -0.25) is 9.59 Å². The third-order valence-electron chi connectivity index (χ3n) is 4.06. The van der Waals surface area contributed by atoms with Crippen molar-refractivity contribution in [3.63, 3.8) is 0 Å². The Hall–Kier alpha value is -3.35. The van der Waals surface area contributed by atoms with Gasteiger partial charge in [-0.15, -0.1) is 0 Å². The van der Waals surface area contributed by atoms with Gasteiger partial charge >= 0.3 is 17.6 Å². The first-order chi connectivity index (χ1) is 14.2. The molecule has 0 bridgehead atoms. The third-order valence-corrected chi connectivity index (χ3v) is 4.06. The second kappa shape index (κ2) is 10.4. The van der Waals surface area contributed by atoms with Gasteiger partial charge in [0.2, 0.25) is 5.75 Å². The van der Waals surface area contributed by atoms with Crippen molar-refractivity contribution in [2.24, 2.45) is 0 Å². The summed E-state index contributed by atoms with van der Waals surface area (Å²) in [5, 5.41) is 0.280. The zero-order valence-electron chi connectivity index (χ0n) is 17.9. The van der Waals surface area contributed by atoms with Crippen molar-refractivity contribution in [1.29, 1.82) is 0 Å². The van der Waals surface area contributed by atoms with E-state index in [1.807, 2.05) is 26.8 Å². The molecule has 160 valence electrons. The van der Waals surface area contributed by atoms with E-state index in [1.165, 1.54) is 25.5 Å². The van der Waals surface area contributed by atoms with Crippen LogP contribution < -0.4 is 19.8 Å². The van der Waals surface area contributed by atoms with E-state index in [4.69, 9.17) is 18.6 Å².